The highest BCUT2D eigenvalue weighted by Crippen LogP contribution is 2.53. The average Bonchev–Trinajstić information content (AvgIpc) is 2.70. The second kappa shape index (κ2) is 5.35. The van der Waals surface area contributed by atoms with Crippen LogP contribution in [0.3, 0.4) is 0 Å². The number of hydroxylamine groups is 2. The van der Waals surface area contributed by atoms with E-state index in [1.54, 1.807) is 0 Å². The van der Waals surface area contributed by atoms with Gasteiger partial charge in [-0.3, -0.25) is 4.84 Å². The Kier molecular flexibility index (Phi) is 3.89. The van der Waals surface area contributed by atoms with Crippen LogP contribution >= 0.6 is 0 Å². The highest BCUT2D eigenvalue weighted by molar-refractivity contribution is 5.34. The minimum Gasteiger partial charge on any atom is -0.292 e. The molecule has 122 valence electrons. The van der Waals surface area contributed by atoms with Gasteiger partial charge in [-0.15, -0.1) is 0 Å². The van der Waals surface area contributed by atoms with Crippen molar-refractivity contribution in [3.05, 3.63) is 35.4 Å². The molecule has 1 saturated heterocycles. The zero-order chi connectivity index (χ0) is 16.1. The van der Waals surface area contributed by atoms with Gasteiger partial charge < -0.3 is 0 Å². The number of hydrogen-bond donors (Lipinski definition) is 0. The molecule has 4 atom stereocenters. The van der Waals surface area contributed by atoms with E-state index in [0.29, 0.717) is 17.9 Å². The molecule has 0 bridgehead atoms. The van der Waals surface area contributed by atoms with Crippen molar-refractivity contribution in [3.8, 4) is 0 Å². The Labute approximate surface area is 135 Å². The molecule has 0 aromatic heterocycles. The molecule has 1 aromatic carbocycles. The summed E-state index contributed by atoms with van der Waals surface area (Å²) in [5, 5.41) is 2.26. The summed E-state index contributed by atoms with van der Waals surface area (Å²) < 4.78 is 0. The molecule has 0 N–H and O–H groups in total. The highest BCUT2D eigenvalue weighted by atomic mass is 16.7. The number of aryl methyl sites for hydroxylation is 1. The normalized spacial score (nSPS) is 38.0. The maximum absolute atomic E-state index is 6.31. The Morgan fingerprint density at radius 2 is 1.86 bits per heavy atom. The van der Waals surface area contributed by atoms with E-state index in [2.05, 4.69) is 70.9 Å². The Balaban J connectivity index is 1.98. The van der Waals surface area contributed by atoms with Gasteiger partial charge in [0.15, 0.2) is 0 Å². The number of rotatable bonds is 2. The molecule has 22 heavy (non-hydrogen) atoms. The van der Waals surface area contributed by atoms with Crippen LogP contribution in [0.2, 0.25) is 0 Å². The van der Waals surface area contributed by atoms with E-state index in [1.165, 1.54) is 24.0 Å². The fourth-order valence-corrected chi connectivity index (χ4v) is 5.24. The summed E-state index contributed by atoms with van der Waals surface area (Å²) in [4.78, 5) is 6.31. The molecule has 1 aromatic rings. The van der Waals surface area contributed by atoms with Crippen molar-refractivity contribution in [2.45, 2.75) is 71.4 Å². The average molecular weight is 301 g/mol. The Hall–Kier alpha value is -0.860. The maximum atomic E-state index is 6.31. The molecule has 0 radical (unpaired) electrons. The number of benzene rings is 1. The lowest BCUT2D eigenvalue weighted by molar-refractivity contribution is -0.195. The standard InChI is InChI=1S/C20H31NO/c1-7-21-18-15(3)12-20(6,13-17(18)19(4,5)22-21)16-11-9-8-10-14(16)2/h8-11,15,17-18H,7,12-13H2,1-6H3. The van der Waals surface area contributed by atoms with Crippen molar-refractivity contribution in [1.29, 1.82) is 0 Å². The molecule has 2 nitrogen and oxygen atoms in total. The molecular formula is C20H31NO. The van der Waals surface area contributed by atoms with Gasteiger partial charge in [0, 0.05) is 18.5 Å². The summed E-state index contributed by atoms with van der Waals surface area (Å²) in [5.41, 5.74) is 3.17. The second-order valence-electron chi connectivity index (χ2n) is 8.29. The highest BCUT2D eigenvalue weighted by Gasteiger charge is 2.56. The molecule has 2 fully saturated rings. The zero-order valence-electron chi connectivity index (χ0n) is 15.0. The van der Waals surface area contributed by atoms with Crippen molar-refractivity contribution in [1.82, 2.24) is 5.06 Å². The first kappa shape index (κ1) is 16.0. The van der Waals surface area contributed by atoms with Crippen molar-refractivity contribution < 1.29 is 4.84 Å². The summed E-state index contributed by atoms with van der Waals surface area (Å²) in [6, 6.07) is 9.50. The summed E-state index contributed by atoms with van der Waals surface area (Å²) in [6.45, 7) is 14.9. The minimum atomic E-state index is -0.0562. The van der Waals surface area contributed by atoms with Gasteiger partial charge in [-0.2, -0.15) is 5.06 Å². The van der Waals surface area contributed by atoms with Crippen molar-refractivity contribution in [3.63, 3.8) is 0 Å². The monoisotopic (exact) mass is 301 g/mol. The summed E-state index contributed by atoms with van der Waals surface area (Å²) >= 11 is 0. The molecule has 2 aliphatic rings. The van der Waals surface area contributed by atoms with Gasteiger partial charge in [0.2, 0.25) is 0 Å². The predicted octanol–water partition coefficient (Wildman–Crippen LogP) is 4.71. The third-order valence-corrected chi connectivity index (χ3v) is 6.12. The van der Waals surface area contributed by atoms with Crippen LogP contribution in [-0.2, 0) is 10.3 Å². The number of fused-ring (bicyclic) bond motifs is 1. The molecule has 1 saturated carbocycles. The summed E-state index contributed by atoms with van der Waals surface area (Å²) in [7, 11) is 0. The van der Waals surface area contributed by atoms with Crippen LogP contribution in [0, 0.1) is 18.8 Å². The van der Waals surface area contributed by atoms with E-state index >= 15 is 0 Å². The fraction of sp³-hybridized carbons (Fsp3) is 0.700. The molecule has 0 amide bonds. The minimum absolute atomic E-state index is 0.0562. The number of nitrogens with zero attached hydrogens (tertiary/aromatic N) is 1. The topological polar surface area (TPSA) is 12.5 Å². The molecule has 1 aliphatic heterocycles. The Morgan fingerprint density at radius 3 is 2.50 bits per heavy atom. The second-order valence-corrected chi connectivity index (χ2v) is 8.29. The van der Waals surface area contributed by atoms with Crippen molar-refractivity contribution in [2.75, 3.05) is 6.54 Å². The quantitative estimate of drug-likeness (QED) is 0.784. The molecule has 1 heterocycles. The van der Waals surface area contributed by atoms with Gasteiger partial charge in [-0.1, -0.05) is 45.0 Å². The van der Waals surface area contributed by atoms with Crippen LogP contribution in [0.4, 0.5) is 0 Å². The van der Waals surface area contributed by atoms with E-state index in [4.69, 9.17) is 4.84 Å². The van der Waals surface area contributed by atoms with Gasteiger partial charge >= 0.3 is 0 Å². The third-order valence-electron chi connectivity index (χ3n) is 6.12. The van der Waals surface area contributed by atoms with Gasteiger partial charge in [-0.25, -0.2) is 0 Å². The molecular weight excluding hydrogens is 270 g/mol. The lowest BCUT2D eigenvalue weighted by Crippen LogP contribution is -2.49. The third kappa shape index (κ3) is 2.41. The van der Waals surface area contributed by atoms with Crippen LogP contribution in [0.25, 0.3) is 0 Å². The van der Waals surface area contributed by atoms with Crippen LogP contribution in [0.1, 0.15) is 58.6 Å². The Morgan fingerprint density at radius 1 is 1.18 bits per heavy atom. The SMILES string of the molecule is CCN1OC(C)(C)C2CC(C)(c3ccccc3C)CC(C)C21. The van der Waals surface area contributed by atoms with Crippen LogP contribution < -0.4 is 0 Å². The zero-order valence-corrected chi connectivity index (χ0v) is 15.0. The lowest BCUT2D eigenvalue weighted by Gasteiger charge is -2.47. The smallest absolute Gasteiger partial charge is 0.0888 e. The molecule has 3 rings (SSSR count). The molecule has 0 spiro atoms. The largest absolute Gasteiger partial charge is 0.292 e. The molecule has 1 aliphatic carbocycles. The number of hydrogen-bond acceptors (Lipinski definition) is 2. The van der Waals surface area contributed by atoms with E-state index in [1.807, 2.05) is 0 Å². The Bertz CT molecular complexity index is 552. The van der Waals surface area contributed by atoms with Crippen LogP contribution in [-0.4, -0.2) is 23.3 Å². The predicted molar refractivity (Wildman–Crippen MR) is 91.8 cm³/mol. The van der Waals surface area contributed by atoms with E-state index in [9.17, 15) is 0 Å². The van der Waals surface area contributed by atoms with Gasteiger partial charge in [-0.05, 0) is 56.1 Å². The molecule has 2 heteroatoms. The maximum Gasteiger partial charge on any atom is 0.0888 e. The van der Waals surface area contributed by atoms with E-state index < -0.39 is 0 Å². The van der Waals surface area contributed by atoms with Gasteiger partial charge in [0.25, 0.3) is 0 Å². The van der Waals surface area contributed by atoms with Gasteiger partial charge in [0.05, 0.1) is 5.60 Å². The summed E-state index contributed by atoms with van der Waals surface area (Å²) in [6.07, 6.45) is 2.46. The van der Waals surface area contributed by atoms with Crippen molar-refractivity contribution >= 4 is 0 Å². The first-order chi connectivity index (χ1) is 10.3. The van der Waals surface area contributed by atoms with Crippen LogP contribution in [0.15, 0.2) is 24.3 Å². The first-order valence-electron chi connectivity index (χ1n) is 8.80. The first-order valence-corrected chi connectivity index (χ1v) is 8.80. The molecule has 4 unspecified atom stereocenters. The van der Waals surface area contributed by atoms with E-state index in [0.717, 1.165) is 6.54 Å². The summed E-state index contributed by atoms with van der Waals surface area (Å²) in [5.74, 6) is 1.26. The fourth-order valence-electron chi connectivity index (χ4n) is 5.24. The van der Waals surface area contributed by atoms with Gasteiger partial charge in [0.1, 0.15) is 0 Å². The van der Waals surface area contributed by atoms with E-state index in [-0.39, 0.29) is 11.0 Å². The van der Waals surface area contributed by atoms with Crippen molar-refractivity contribution in [2.24, 2.45) is 11.8 Å². The van der Waals surface area contributed by atoms with Crippen LogP contribution in [0.5, 0.6) is 0 Å². The lowest BCUT2D eigenvalue weighted by atomic mass is 9.58.